The number of aryl methyl sites for hydroxylation is 2. The Labute approximate surface area is 146 Å². The van der Waals surface area contributed by atoms with Crippen molar-refractivity contribution in [3.8, 4) is 0 Å². The maximum Gasteiger partial charge on any atom is 0.292 e. The van der Waals surface area contributed by atoms with Crippen molar-refractivity contribution in [1.82, 2.24) is 5.32 Å². The predicted molar refractivity (Wildman–Crippen MR) is 98.9 cm³/mol. The van der Waals surface area contributed by atoms with Crippen LogP contribution in [-0.4, -0.2) is 23.9 Å². The van der Waals surface area contributed by atoms with Gasteiger partial charge in [0.05, 0.1) is 4.92 Å². The van der Waals surface area contributed by atoms with Gasteiger partial charge in [-0.2, -0.15) is 0 Å². The fourth-order valence-corrected chi connectivity index (χ4v) is 2.44. The first kappa shape index (κ1) is 18.3. The molecule has 0 unspecified atom stereocenters. The number of hydrogen-bond acceptors (Lipinski definition) is 5. The highest BCUT2D eigenvalue weighted by Gasteiger charge is 2.13. The Morgan fingerprint density at radius 1 is 1.16 bits per heavy atom. The van der Waals surface area contributed by atoms with E-state index in [-0.39, 0.29) is 11.6 Å². The molecule has 0 heterocycles. The summed E-state index contributed by atoms with van der Waals surface area (Å²) in [6.07, 6.45) is 0.637. The lowest BCUT2D eigenvalue weighted by atomic mass is 10.1. The highest BCUT2D eigenvalue weighted by atomic mass is 16.6. The second-order valence-corrected chi connectivity index (χ2v) is 5.89. The van der Waals surface area contributed by atoms with Crippen LogP contribution in [0.3, 0.4) is 0 Å². The SMILES string of the molecule is Cc1ccc(NCCCNC(=O)c2cc(N)ccc2C)c([N+](=O)[O-])c1. The number of carbonyl (C=O) groups is 1. The molecule has 0 saturated heterocycles. The lowest BCUT2D eigenvalue weighted by molar-refractivity contribution is -0.384. The Hall–Kier alpha value is -3.09. The van der Waals surface area contributed by atoms with Gasteiger partial charge in [0.25, 0.3) is 11.6 Å². The normalized spacial score (nSPS) is 10.3. The Bertz CT molecular complexity index is 790. The number of nitrogen functional groups attached to an aromatic ring is 1. The molecule has 0 atom stereocenters. The van der Waals surface area contributed by atoms with Crippen LogP contribution in [0.15, 0.2) is 36.4 Å². The molecule has 4 N–H and O–H groups in total. The quantitative estimate of drug-likeness (QED) is 0.310. The summed E-state index contributed by atoms with van der Waals surface area (Å²) in [4.78, 5) is 22.8. The monoisotopic (exact) mass is 342 g/mol. The second-order valence-electron chi connectivity index (χ2n) is 5.89. The molecule has 7 heteroatoms. The molecule has 25 heavy (non-hydrogen) atoms. The van der Waals surface area contributed by atoms with E-state index in [9.17, 15) is 14.9 Å². The third-order valence-corrected chi connectivity index (χ3v) is 3.81. The van der Waals surface area contributed by atoms with Crippen molar-refractivity contribution in [2.45, 2.75) is 20.3 Å². The second kappa shape index (κ2) is 8.14. The first-order valence-corrected chi connectivity index (χ1v) is 8.01. The smallest absolute Gasteiger partial charge is 0.292 e. The standard InChI is InChI=1S/C18H22N4O3/c1-12-4-7-16(17(10-12)22(24)25)20-8-3-9-21-18(23)15-11-14(19)6-5-13(15)2/h4-7,10-11,20H,3,8-9,19H2,1-2H3,(H,21,23). The van der Waals surface area contributed by atoms with Gasteiger partial charge < -0.3 is 16.4 Å². The van der Waals surface area contributed by atoms with Gasteiger partial charge in [-0.1, -0.05) is 12.1 Å². The van der Waals surface area contributed by atoms with Gasteiger partial charge in [0, 0.05) is 30.4 Å². The van der Waals surface area contributed by atoms with Crippen LogP contribution in [0, 0.1) is 24.0 Å². The van der Waals surface area contributed by atoms with Crippen LogP contribution in [0.4, 0.5) is 17.1 Å². The molecule has 2 aromatic carbocycles. The van der Waals surface area contributed by atoms with Gasteiger partial charge in [0.2, 0.25) is 0 Å². The number of benzene rings is 2. The Kier molecular flexibility index (Phi) is 5.94. The number of nitro groups is 1. The maximum absolute atomic E-state index is 12.2. The van der Waals surface area contributed by atoms with E-state index >= 15 is 0 Å². The number of nitrogens with one attached hydrogen (secondary N) is 2. The third-order valence-electron chi connectivity index (χ3n) is 3.81. The van der Waals surface area contributed by atoms with Gasteiger partial charge in [-0.25, -0.2) is 0 Å². The zero-order valence-electron chi connectivity index (χ0n) is 14.3. The summed E-state index contributed by atoms with van der Waals surface area (Å²) in [5.41, 5.74) is 9.04. The molecular weight excluding hydrogens is 320 g/mol. The Morgan fingerprint density at radius 3 is 2.64 bits per heavy atom. The number of nitrogens with two attached hydrogens (primary N) is 1. The number of hydrogen-bond donors (Lipinski definition) is 3. The van der Waals surface area contributed by atoms with E-state index in [2.05, 4.69) is 10.6 Å². The van der Waals surface area contributed by atoms with E-state index in [1.165, 1.54) is 6.07 Å². The summed E-state index contributed by atoms with van der Waals surface area (Å²) in [5.74, 6) is -0.175. The van der Waals surface area contributed by atoms with Crippen LogP contribution in [-0.2, 0) is 0 Å². The summed E-state index contributed by atoms with van der Waals surface area (Å²) in [7, 11) is 0. The molecule has 7 nitrogen and oxygen atoms in total. The lowest BCUT2D eigenvalue weighted by Gasteiger charge is -2.10. The fourth-order valence-electron chi connectivity index (χ4n) is 2.44. The van der Waals surface area contributed by atoms with Gasteiger partial charge in [0.15, 0.2) is 0 Å². The number of carbonyl (C=O) groups excluding carboxylic acids is 1. The van der Waals surface area contributed by atoms with Crippen molar-refractivity contribution in [2.24, 2.45) is 0 Å². The molecule has 0 radical (unpaired) electrons. The van der Waals surface area contributed by atoms with Gasteiger partial charge >= 0.3 is 0 Å². The summed E-state index contributed by atoms with van der Waals surface area (Å²) in [5, 5.41) is 16.9. The van der Waals surface area contributed by atoms with Gasteiger partial charge in [-0.3, -0.25) is 14.9 Å². The third kappa shape index (κ3) is 4.94. The number of nitrogens with zero attached hydrogens (tertiary/aromatic N) is 1. The van der Waals surface area contributed by atoms with E-state index in [0.29, 0.717) is 36.4 Å². The molecule has 2 rings (SSSR count). The number of nitro benzene ring substituents is 1. The van der Waals surface area contributed by atoms with Crippen LogP contribution in [0.2, 0.25) is 0 Å². The molecule has 0 saturated carbocycles. The molecule has 2 aromatic rings. The average molecular weight is 342 g/mol. The van der Waals surface area contributed by atoms with Crippen LogP contribution >= 0.6 is 0 Å². The van der Waals surface area contributed by atoms with Gasteiger partial charge in [-0.15, -0.1) is 0 Å². The van der Waals surface area contributed by atoms with Crippen molar-refractivity contribution < 1.29 is 9.72 Å². The first-order valence-electron chi connectivity index (χ1n) is 8.01. The van der Waals surface area contributed by atoms with Crippen molar-refractivity contribution in [2.75, 3.05) is 24.1 Å². The van der Waals surface area contributed by atoms with Crippen LogP contribution in [0.1, 0.15) is 27.9 Å². The molecule has 0 aliphatic rings. The first-order chi connectivity index (χ1) is 11.9. The number of amides is 1. The minimum absolute atomic E-state index is 0.0550. The molecule has 1 amide bonds. The lowest BCUT2D eigenvalue weighted by Crippen LogP contribution is -2.26. The minimum Gasteiger partial charge on any atom is -0.399 e. The van der Waals surface area contributed by atoms with E-state index in [1.54, 1.807) is 18.2 Å². The van der Waals surface area contributed by atoms with Gasteiger partial charge in [0.1, 0.15) is 5.69 Å². The number of anilines is 2. The average Bonchev–Trinajstić information content (AvgIpc) is 2.57. The highest BCUT2D eigenvalue weighted by molar-refractivity contribution is 5.96. The Balaban J connectivity index is 1.83. The summed E-state index contributed by atoms with van der Waals surface area (Å²) in [6, 6.07) is 10.3. The van der Waals surface area contributed by atoms with Crippen molar-refractivity contribution in [3.63, 3.8) is 0 Å². The van der Waals surface area contributed by atoms with Crippen molar-refractivity contribution in [3.05, 3.63) is 63.2 Å². The molecule has 0 aromatic heterocycles. The number of rotatable bonds is 7. The Morgan fingerprint density at radius 2 is 1.92 bits per heavy atom. The van der Waals surface area contributed by atoms with E-state index < -0.39 is 4.92 Å². The molecule has 132 valence electrons. The zero-order valence-corrected chi connectivity index (χ0v) is 14.3. The van der Waals surface area contributed by atoms with Crippen LogP contribution in [0.5, 0.6) is 0 Å². The topological polar surface area (TPSA) is 110 Å². The van der Waals surface area contributed by atoms with E-state index in [4.69, 9.17) is 5.73 Å². The predicted octanol–water partition coefficient (Wildman–Crippen LogP) is 3.03. The molecule has 0 aliphatic carbocycles. The van der Waals surface area contributed by atoms with Crippen molar-refractivity contribution >= 4 is 23.0 Å². The van der Waals surface area contributed by atoms with Crippen molar-refractivity contribution in [1.29, 1.82) is 0 Å². The maximum atomic E-state index is 12.2. The zero-order chi connectivity index (χ0) is 18.4. The summed E-state index contributed by atoms with van der Waals surface area (Å²) >= 11 is 0. The fraction of sp³-hybridized carbons (Fsp3) is 0.278. The molecule has 0 bridgehead atoms. The molecular formula is C18H22N4O3. The minimum atomic E-state index is -0.403. The van der Waals surface area contributed by atoms with Crippen LogP contribution in [0.25, 0.3) is 0 Å². The molecule has 0 spiro atoms. The molecule has 0 fully saturated rings. The largest absolute Gasteiger partial charge is 0.399 e. The highest BCUT2D eigenvalue weighted by Crippen LogP contribution is 2.25. The van der Waals surface area contributed by atoms with E-state index in [1.807, 2.05) is 26.0 Å². The van der Waals surface area contributed by atoms with Crippen LogP contribution < -0.4 is 16.4 Å². The summed E-state index contributed by atoms with van der Waals surface area (Å²) < 4.78 is 0. The van der Waals surface area contributed by atoms with Gasteiger partial charge in [-0.05, 0) is 49.6 Å². The molecule has 0 aliphatic heterocycles. The summed E-state index contributed by atoms with van der Waals surface area (Å²) in [6.45, 7) is 4.64. The van der Waals surface area contributed by atoms with E-state index in [0.717, 1.165) is 11.1 Å².